The molecule has 0 aliphatic heterocycles. The summed E-state index contributed by atoms with van der Waals surface area (Å²) in [4.78, 5) is 4.97. The maximum atomic E-state index is 12.8. The van der Waals surface area contributed by atoms with E-state index in [2.05, 4.69) is 11.4 Å². The van der Waals surface area contributed by atoms with E-state index < -0.39 is 11.7 Å². The first-order chi connectivity index (χ1) is 10.5. The summed E-state index contributed by atoms with van der Waals surface area (Å²) in [6, 6.07) is 12.1. The van der Waals surface area contributed by atoms with E-state index in [9.17, 15) is 13.2 Å². The molecule has 0 spiro atoms. The first-order valence-corrected chi connectivity index (χ1v) is 6.38. The van der Waals surface area contributed by atoms with E-state index in [1.807, 2.05) is 0 Å². The third kappa shape index (κ3) is 4.25. The summed E-state index contributed by atoms with van der Waals surface area (Å²) < 4.78 is 43.3. The van der Waals surface area contributed by atoms with E-state index in [1.54, 1.807) is 31.4 Å². The van der Waals surface area contributed by atoms with Gasteiger partial charge in [0.05, 0.1) is 12.7 Å². The molecule has 1 radical (unpaired) electrons. The van der Waals surface area contributed by atoms with Crippen LogP contribution in [0.1, 0.15) is 16.7 Å². The van der Waals surface area contributed by atoms with Gasteiger partial charge in [0.2, 0.25) is 0 Å². The van der Waals surface area contributed by atoms with Crippen LogP contribution in [0.4, 0.5) is 13.2 Å². The molecule has 0 amide bonds. The Bertz CT molecular complexity index is 637. The van der Waals surface area contributed by atoms with Gasteiger partial charge in [0.15, 0.2) is 0 Å². The third-order valence-corrected chi connectivity index (χ3v) is 2.85. The van der Waals surface area contributed by atoms with Crippen LogP contribution >= 0.6 is 0 Å². The minimum atomic E-state index is -4.45. The predicted octanol–water partition coefficient (Wildman–Crippen LogP) is 4.14. The van der Waals surface area contributed by atoms with Crippen molar-refractivity contribution >= 4 is 6.21 Å². The second-order valence-corrected chi connectivity index (χ2v) is 4.37. The van der Waals surface area contributed by atoms with E-state index in [0.29, 0.717) is 5.75 Å². The number of halogens is 3. The lowest BCUT2D eigenvalue weighted by molar-refractivity contribution is -0.137. The fourth-order valence-corrected chi connectivity index (χ4v) is 1.74. The number of methoxy groups -OCH3 is 1. The standard InChI is InChI=1S/C16H13F3NO2/c1-21-14-8-6-12(7-9-14)11-22-20-10-13-4-2-3-5-15(13)16(17,18)19/h2-9H,11H2,1H3. The highest BCUT2D eigenvalue weighted by atomic mass is 19.4. The number of ether oxygens (including phenoxy) is 1. The van der Waals surface area contributed by atoms with Crippen molar-refractivity contribution in [1.82, 2.24) is 0 Å². The van der Waals surface area contributed by atoms with Gasteiger partial charge in [-0.1, -0.05) is 35.5 Å². The second-order valence-electron chi connectivity index (χ2n) is 4.37. The van der Waals surface area contributed by atoms with Crippen LogP contribution in [-0.2, 0) is 17.6 Å². The van der Waals surface area contributed by atoms with Crippen LogP contribution in [0.5, 0.6) is 5.75 Å². The summed E-state index contributed by atoms with van der Waals surface area (Å²) in [6.07, 6.45) is -2.18. The Hall–Kier alpha value is -2.50. The van der Waals surface area contributed by atoms with Crippen LogP contribution in [0.2, 0.25) is 0 Å². The normalized spacial score (nSPS) is 11.6. The molecule has 2 aromatic rings. The van der Waals surface area contributed by atoms with Crippen molar-refractivity contribution in [2.24, 2.45) is 5.16 Å². The van der Waals surface area contributed by atoms with Crippen molar-refractivity contribution in [3.63, 3.8) is 0 Å². The molecule has 0 saturated carbocycles. The highest BCUT2D eigenvalue weighted by Gasteiger charge is 2.32. The molecule has 0 fully saturated rings. The van der Waals surface area contributed by atoms with Gasteiger partial charge in [0.1, 0.15) is 18.6 Å². The summed E-state index contributed by atoms with van der Waals surface area (Å²) in [7, 11) is 1.56. The fourth-order valence-electron chi connectivity index (χ4n) is 1.74. The van der Waals surface area contributed by atoms with Crippen LogP contribution in [-0.4, -0.2) is 13.3 Å². The molecule has 0 saturated heterocycles. The van der Waals surface area contributed by atoms with Crippen LogP contribution in [0.15, 0.2) is 53.7 Å². The molecule has 0 atom stereocenters. The Morgan fingerprint density at radius 2 is 1.73 bits per heavy atom. The third-order valence-electron chi connectivity index (χ3n) is 2.85. The fraction of sp³-hybridized carbons (Fsp3) is 0.188. The SMILES string of the molecule is COc1ccc(CO/N=[C]\c2ccccc2C(F)(F)F)cc1. The van der Waals surface area contributed by atoms with E-state index in [-0.39, 0.29) is 12.2 Å². The molecular weight excluding hydrogens is 295 g/mol. The molecule has 0 N–H and O–H groups in total. The number of hydrogen-bond donors (Lipinski definition) is 0. The van der Waals surface area contributed by atoms with Crippen molar-refractivity contribution in [2.45, 2.75) is 12.8 Å². The molecule has 0 aliphatic carbocycles. The molecule has 0 unspecified atom stereocenters. The average Bonchev–Trinajstić information content (AvgIpc) is 2.51. The molecule has 0 aromatic heterocycles. The molecule has 2 aromatic carbocycles. The molecule has 22 heavy (non-hydrogen) atoms. The highest BCUT2D eigenvalue weighted by Crippen LogP contribution is 2.31. The molecule has 3 nitrogen and oxygen atoms in total. The predicted molar refractivity (Wildman–Crippen MR) is 75.8 cm³/mol. The summed E-state index contributed by atoms with van der Waals surface area (Å²) in [5.41, 5.74) is -0.146. The first kappa shape index (κ1) is 15.9. The van der Waals surface area contributed by atoms with Crippen molar-refractivity contribution in [1.29, 1.82) is 0 Å². The zero-order valence-corrected chi connectivity index (χ0v) is 11.7. The topological polar surface area (TPSA) is 30.8 Å². The highest BCUT2D eigenvalue weighted by molar-refractivity contribution is 5.81. The Morgan fingerprint density at radius 3 is 2.36 bits per heavy atom. The molecular formula is C16H13F3NO2. The van der Waals surface area contributed by atoms with Gasteiger partial charge in [-0.15, -0.1) is 0 Å². The number of alkyl halides is 3. The lowest BCUT2D eigenvalue weighted by Crippen LogP contribution is -2.08. The largest absolute Gasteiger partial charge is 0.497 e. The van der Waals surface area contributed by atoms with E-state index >= 15 is 0 Å². The van der Waals surface area contributed by atoms with Crippen molar-refractivity contribution in [3.8, 4) is 5.75 Å². The van der Waals surface area contributed by atoms with Gasteiger partial charge < -0.3 is 9.57 Å². The van der Waals surface area contributed by atoms with Crippen LogP contribution in [0.3, 0.4) is 0 Å². The number of nitrogens with zero attached hydrogens (tertiary/aromatic N) is 1. The van der Waals surface area contributed by atoms with Crippen molar-refractivity contribution < 1.29 is 22.7 Å². The molecule has 6 heteroatoms. The minimum absolute atomic E-state index is 0.130. The first-order valence-electron chi connectivity index (χ1n) is 6.38. The van der Waals surface area contributed by atoms with E-state index in [1.165, 1.54) is 18.2 Å². The number of hydrogen-bond acceptors (Lipinski definition) is 3. The molecule has 0 aliphatic rings. The van der Waals surface area contributed by atoms with Crippen LogP contribution in [0.25, 0.3) is 0 Å². The maximum absolute atomic E-state index is 12.8. The summed E-state index contributed by atoms with van der Waals surface area (Å²) in [5, 5.41) is 3.47. The van der Waals surface area contributed by atoms with Gasteiger partial charge >= 0.3 is 6.18 Å². The van der Waals surface area contributed by atoms with Crippen LogP contribution < -0.4 is 4.74 Å². The molecule has 115 valence electrons. The van der Waals surface area contributed by atoms with Crippen molar-refractivity contribution in [2.75, 3.05) is 7.11 Å². The smallest absolute Gasteiger partial charge is 0.417 e. The van der Waals surface area contributed by atoms with Gasteiger partial charge in [-0.05, 0) is 23.8 Å². The maximum Gasteiger partial charge on any atom is 0.417 e. The lowest BCUT2D eigenvalue weighted by Gasteiger charge is -2.08. The average molecular weight is 308 g/mol. The Labute approximate surface area is 126 Å². The molecule has 2 rings (SSSR count). The second kappa shape index (κ2) is 6.98. The van der Waals surface area contributed by atoms with E-state index in [4.69, 9.17) is 9.57 Å². The number of rotatable bonds is 5. The van der Waals surface area contributed by atoms with Gasteiger partial charge in [-0.25, -0.2) is 0 Å². The van der Waals surface area contributed by atoms with E-state index in [0.717, 1.165) is 11.6 Å². The molecule has 0 heterocycles. The monoisotopic (exact) mass is 308 g/mol. The lowest BCUT2D eigenvalue weighted by atomic mass is 10.1. The Morgan fingerprint density at radius 1 is 1.05 bits per heavy atom. The zero-order chi connectivity index (χ0) is 16.0. The quantitative estimate of drug-likeness (QED) is 0.614. The van der Waals surface area contributed by atoms with Crippen LogP contribution in [0, 0.1) is 0 Å². The van der Waals surface area contributed by atoms with Gasteiger partial charge in [-0.3, -0.25) is 0 Å². The van der Waals surface area contributed by atoms with Crippen molar-refractivity contribution in [3.05, 3.63) is 65.2 Å². The Kier molecular flexibility index (Phi) is 5.04. The van der Waals surface area contributed by atoms with Gasteiger partial charge in [0, 0.05) is 5.56 Å². The van der Waals surface area contributed by atoms with Gasteiger partial charge in [0.25, 0.3) is 0 Å². The summed E-state index contributed by atoms with van der Waals surface area (Å²) in [6.45, 7) is 0.130. The molecule has 0 bridgehead atoms. The zero-order valence-electron chi connectivity index (χ0n) is 11.7. The number of benzene rings is 2. The minimum Gasteiger partial charge on any atom is -0.497 e. The summed E-state index contributed by atoms with van der Waals surface area (Å²) in [5.74, 6) is 0.706. The summed E-state index contributed by atoms with van der Waals surface area (Å²) >= 11 is 0. The van der Waals surface area contributed by atoms with Gasteiger partial charge in [-0.2, -0.15) is 13.2 Å². The Balaban J connectivity index is 1.98.